The standard InChI is InChI=1S/C11H12N4O3S/c12-7(11(16)17)5-19-6-9-14-10(15-18-9)8-3-1-2-4-13-8/h1-4,7H,5-6,12H2,(H,16,17)/t7-/m1/s1. The Morgan fingerprint density at radius 2 is 2.37 bits per heavy atom. The molecule has 3 N–H and O–H groups in total. The SMILES string of the molecule is N[C@H](CSCc1nc(-c2ccccn2)no1)C(=O)O. The maximum absolute atomic E-state index is 10.5. The topological polar surface area (TPSA) is 115 Å². The Kier molecular flexibility index (Phi) is 4.48. The first-order chi connectivity index (χ1) is 9.16. The van der Waals surface area contributed by atoms with Gasteiger partial charge in [0, 0.05) is 11.9 Å². The molecule has 2 aromatic heterocycles. The van der Waals surface area contributed by atoms with Gasteiger partial charge in [-0.25, -0.2) is 0 Å². The quantitative estimate of drug-likeness (QED) is 0.797. The van der Waals surface area contributed by atoms with E-state index in [1.54, 1.807) is 18.3 Å². The summed E-state index contributed by atoms with van der Waals surface area (Å²) in [6, 6.07) is 4.53. The molecule has 1 atom stereocenters. The molecule has 0 amide bonds. The lowest BCUT2D eigenvalue weighted by molar-refractivity contribution is -0.137. The van der Waals surface area contributed by atoms with E-state index in [2.05, 4.69) is 15.1 Å². The van der Waals surface area contributed by atoms with E-state index in [1.807, 2.05) is 6.07 Å². The second-order valence-electron chi connectivity index (χ2n) is 3.69. The van der Waals surface area contributed by atoms with E-state index in [4.69, 9.17) is 15.4 Å². The van der Waals surface area contributed by atoms with E-state index < -0.39 is 12.0 Å². The second-order valence-corrected chi connectivity index (χ2v) is 4.72. The number of thioether (sulfide) groups is 1. The molecule has 0 aliphatic carbocycles. The highest BCUT2D eigenvalue weighted by Gasteiger charge is 2.13. The molecule has 7 nitrogen and oxygen atoms in total. The average molecular weight is 280 g/mol. The van der Waals surface area contributed by atoms with Crippen LogP contribution in [0.2, 0.25) is 0 Å². The molecule has 0 saturated carbocycles. The zero-order valence-corrected chi connectivity index (χ0v) is 10.7. The van der Waals surface area contributed by atoms with Crippen LogP contribution in [0.3, 0.4) is 0 Å². The molecule has 0 unspecified atom stereocenters. The van der Waals surface area contributed by atoms with Crippen LogP contribution < -0.4 is 5.73 Å². The van der Waals surface area contributed by atoms with Gasteiger partial charge in [-0.2, -0.15) is 4.98 Å². The van der Waals surface area contributed by atoms with Crippen LogP contribution in [0.4, 0.5) is 0 Å². The summed E-state index contributed by atoms with van der Waals surface area (Å²) in [5, 5.41) is 12.4. The van der Waals surface area contributed by atoms with Gasteiger partial charge in [-0.3, -0.25) is 9.78 Å². The second kappa shape index (κ2) is 6.30. The van der Waals surface area contributed by atoms with Crippen LogP contribution in [-0.2, 0) is 10.5 Å². The summed E-state index contributed by atoms with van der Waals surface area (Å²) < 4.78 is 5.05. The minimum absolute atomic E-state index is 0.288. The van der Waals surface area contributed by atoms with Crippen LogP contribution in [0.5, 0.6) is 0 Å². The third-order valence-electron chi connectivity index (χ3n) is 2.20. The van der Waals surface area contributed by atoms with Crippen LogP contribution in [0, 0.1) is 0 Å². The highest BCUT2D eigenvalue weighted by Crippen LogP contribution is 2.16. The summed E-state index contributed by atoms with van der Waals surface area (Å²) in [6.45, 7) is 0. The van der Waals surface area contributed by atoms with Crippen LogP contribution in [0.15, 0.2) is 28.9 Å². The molecule has 100 valence electrons. The minimum Gasteiger partial charge on any atom is -0.480 e. The Bertz CT molecular complexity index is 546. The molecular weight excluding hydrogens is 268 g/mol. The van der Waals surface area contributed by atoms with Crippen molar-refractivity contribution in [1.29, 1.82) is 0 Å². The Balaban J connectivity index is 1.90. The fourth-order valence-electron chi connectivity index (χ4n) is 1.26. The van der Waals surface area contributed by atoms with Crippen LogP contribution in [0.25, 0.3) is 11.5 Å². The number of hydrogen-bond acceptors (Lipinski definition) is 7. The lowest BCUT2D eigenvalue weighted by Gasteiger charge is -2.03. The lowest BCUT2D eigenvalue weighted by atomic mass is 10.3. The van der Waals surface area contributed by atoms with Gasteiger partial charge in [0.2, 0.25) is 11.7 Å². The fraction of sp³-hybridized carbons (Fsp3) is 0.273. The number of pyridine rings is 1. The molecule has 0 aliphatic heterocycles. The molecule has 8 heteroatoms. The van der Waals surface area contributed by atoms with E-state index in [-0.39, 0.29) is 5.75 Å². The molecule has 0 spiro atoms. The first-order valence-electron chi connectivity index (χ1n) is 5.47. The van der Waals surface area contributed by atoms with Crippen molar-refractivity contribution in [2.45, 2.75) is 11.8 Å². The van der Waals surface area contributed by atoms with Crippen molar-refractivity contribution in [2.75, 3.05) is 5.75 Å². The summed E-state index contributed by atoms with van der Waals surface area (Å²) in [7, 11) is 0. The summed E-state index contributed by atoms with van der Waals surface area (Å²) >= 11 is 1.33. The number of rotatable bonds is 6. The molecule has 0 saturated heterocycles. The Morgan fingerprint density at radius 3 is 3.05 bits per heavy atom. The minimum atomic E-state index is -1.02. The molecule has 19 heavy (non-hydrogen) atoms. The van der Waals surface area contributed by atoms with Crippen molar-refractivity contribution in [3.05, 3.63) is 30.3 Å². The van der Waals surface area contributed by atoms with Crippen LogP contribution >= 0.6 is 11.8 Å². The first-order valence-corrected chi connectivity index (χ1v) is 6.62. The number of nitrogens with two attached hydrogens (primary N) is 1. The zero-order valence-electron chi connectivity index (χ0n) is 9.89. The molecular formula is C11H12N4O3S. The maximum Gasteiger partial charge on any atom is 0.321 e. The predicted molar refractivity (Wildman–Crippen MR) is 69.3 cm³/mol. The van der Waals surface area contributed by atoms with Gasteiger partial charge < -0.3 is 15.4 Å². The highest BCUT2D eigenvalue weighted by atomic mass is 32.2. The molecule has 2 rings (SSSR count). The van der Waals surface area contributed by atoms with E-state index in [9.17, 15) is 4.79 Å². The Morgan fingerprint density at radius 1 is 1.53 bits per heavy atom. The molecule has 0 radical (unpaired) electrons. The van der Waals surface area contributed by atoms with Gasteiger partial charge in [-0.1, -0.05) is 11.2 Å². The number of aromatic nitrogens is 3. The van der Waals surface area contributed by atoms with Crippen LogP contribution in [-0.4, -0.2) is 38.0 Å². The molecule has 0 aromatic carbocycles. The molecule has 0 aliphatic rings. The van der Waals surface area contributed by atoms with Crippen molar-refractivity contribution < 1.29 is 14.4 Å². The smallest absolute Gasteiger partial charge is 0.321 e. The molecule has 2 aromatic rings. The maximum atomic E-state index is 10.5. The average Bonchev–Trinajstić information content (AvgIpc) is 2.88. The lowest BCUT2D eigenvalue weighted by Crippen LogP contribution is -2.32. The predicted octanol–water partition coefficient (Wildman–Crippen LogP) is 0.777. The number of carboxylic acids is 1. The van der Waals surface area contributed by atoms with E-state index in [1.165, 1.54) is 11.8 Å². The molecule has 0 fully saturated rings. The van der Waals surface area contributed by atoms with Gasteiger partial charge >= 0.3 is 5.97 Å². The third kappa shape index (κ3) is 3.76. The van der Waals surface area contributed by atoms with Gasteiger partial charge in [0.25, 0.3) is 0 Å². The van der Waals surface area contributed by atoms with Crippen molar-refractivity contribution >= 4 is 17.7 Å². The molecule has 0 bridgehead atoms. The van der Waals surface area contributed by atoms with Crippen LogP contribution in [0.1, 0.15) is 5.89 Å². The van der Waals surface area contributed by atoms with Crippen molar-refractivity contribution in [3.8, 4) is 11.5 Å². The zero-order chi connectivity index (χ0) is 13.7. The Hall–Kier alpha value is -1.93. The van der Waals surface area contributed by atoms with E-state index in [0.717, 1.165) is 0 Å². The number of carbonyl (C=O) groups is 1. The van der Waals surface area contributed by atoms with E-state index in [0.29, 0.717) is 23.2 Å². The number of hydrogen-bond donors (Lipinski definition) is 2. The largest absolute Gasteiger partial charge is 0.480 e. The van der Waals surface area contributed by atoms with Gasteiger partial charge in [-0.05, 0) is 12.1 Å². The third-order valence-corrected chi connectivity index (χ3v) is 3.25. The summed E-state index contributed by atoms with van der Waals surface area (Å²) in [4.78, 5) is 18.8. The monoisotopic (exact) mass is 280 g/mol. The van der Waals surface area contributed by atoms with Gasteiger partial charge in [-0.15, -0.1) is 11.8 Å². The van der Waals surface area contributed by atoms with Crippen molar-refractivity contribution in [1.82, 2.24) is 15.1 Å². The Labute approximate surface area is 113 Å². The highest BCUT2D eigenvalue weighted by molar-refractivity contribution is 7.98. The fourth-order valence-corrected chi connectivity index (χ4v) is 2.06. The van der Waals surface area contributed by atoms with Crippen molar-refractivity contribution in [3.63, 3.8) is 0 Å². The number of aliphatic carboxylic acids is 1. The summed E-state index contributed by atoms with van der Waals surface area (Å²) in [5.74, 6) is 0.520. The first kappa shape index (κ1) is 13.5. The number of nitrogens with zero attached hydrogens (tertiary/aromatic N) is 3. The van der Waals surface area contributed by atoms with Crippen molar-refractivity contribution in [2.24, 2.45) is 5.73 Å². The normalized spacial score (nSPS) is 12.3. The summed E-state index contributed by atoms with van der Waals surface area (Å²) in [5.41, 5.74) is 6.01. The van der Waals surface area contributed by atoms with Gasteiger partial charge in [0.05, 0.1) is 5.75 Å². The van der Waals surface area contributed by atoms with E-state index >= 15 is 0 Å². The summed E-state index contributed by atoms with van der Waals surface area (Å²) in [6.07, 6.45) is 1.64. The number of carboxylic acid groups (broad SMARTS) is 1. The van der Waals surface area contributed by atoms with Gasteiger partial charge in [0.1, 0.15) is 11.7 Å². The van der Waals surface area contributed by atoms with Gasteiger partial charge in [0.15, 0.2) is 0 Å². The molecule has 2 heterocycles.